The number of amides is 2. The number of imide groups is 1. The molecule has 3 atom stereocenters. The lowest BCUT2D eigenvalue weighted by atomic mass is 9.85. The maximum atomic E-state index is 12.7. The van der Waals surface area contributed by atoms with Gasteiger partial charge in [-0.2, -0.15) is 0 Å². The van der Waals surface area contributed by atoms with Gasteiger partial charge in [0.05, 0.1) is 17.6 Å². The minimum absolute atomic E-state index is 0.144. The highest BCUT2D eigenvalue weighted by Crippen LogP contribution is 2.57. The van der Waals surface area contributed by atoms with Gasteiger partial charge in [-0.3, -0.25) is 23.8 Å². The molecule has 1 fully saturated rings. The average molecular weight is 329 g/mol. The van der Waals surface area contributed by atoms with Crippen LogP contribution in [0, 0.1) is 5.92 Å². The lowest BCUT2D eigenvalue weighted by Crippen LogP contribution is -2.50. The molecule has 0 aromatic heterocycles. The summed E-state index contributed by atoms with van der Waals surface area (Å²) in [5.41, 5.74) is -0.712. The molecule has 8 heteroatoms. The number of hydrogen-bond acceptors (Lipinski definition) is 6. The highest BCUT2D eigenvalue weighted by Gasteiger charge is 2.50. The van der Waals surface area contributed by atoms with E-state index < -0.39 is 25.2 Å². The number of carbonyl (C=O) groups is 3. The van der Waals surface area contributed by atoms with Crippen molar-refractivity contribution < 1.29 is 28.0 Å². The molecule has 0 radical (unpaired) electrons. The fraction of sp³-hybridized carbons (Fsp3) is 0.643. The molecule has 0 N–H and O–H groups in total. The molecule has 2 aliphatic rings. The van der Waals surface area contributed by atoms with Crippen LogP contribution < -0.4 is 0 Å². The zero-order chi connectivity index (χ0) is 16.5. The Labute approximate surface area is 129 Å². The van der Waals surface area contributed by atoms with E-state index in [9.17, 15) is 18.9 Å². The van der Waals surface area contributed by atoms with Gasteiger partial charge in [0.15, 0.2) is 0 Å². The van der Waals surface area contributed by atoms with Crippen molar-refractivity contribution in [1.82, 2.24) is 4.90 Å². The van der Waals surface area contributed by atoms with Gasteiger partial charge in [-0.25, -0.2) is 0 Å². The third kappa shape index (κ3) is 2.81. The number of likely N-dealkylation sites (tertiary alicyclic amines) is 1. The van der Waals surface area contributed by atoms with Gasteiger partial charge >= 0.3 is 7.60 Å². The molecule has 1 saturated heterocycles. The molecule has 1 heterocycles. The van der Waals surface area contributed by atoms with Crippen molar-refractivity contribution >= 4 is 25.2 Å². The van der Waals surface area contributed by atoms with Crippen molar-refractivity contribution in [3.8, 4) is 0 Å². The minimum atomic E-state index is -3.51. The smallest absolute Gasteiger partial charge is 0.312 e. The van der Waals surface area contributed by atoms with Gasteiger partial charge < -0.3 is 9.05 Å². The molecule has 122 valence electrons. The molecule has 2 amide bonds. The van der Waals surface area contributed by atoms with E-state index in [1.165, 1.54) is 21.1 Å². The first kappa shape index (κ1) is 17.1. The molecule has 7 nitrogen and oxygen atoms in total. The number of nitrogens with zero attached hydrogens (tertiary/aromatic N) is 1. The molecule has 0 aromatic carbocycles. The predicted molar refractivity (Wildman–Crippen MR) is 78.2 cm³/mol. The van der Waals surface area contributed by atoms with E-state index in [1.807, 2.05) is 0 Å². The van der Waals surface area contributed by atoms with E-state index in [0.717, 1.165) is 4.90 Å². The number of Topliss-reactive ketones (excluding diaryl/α,β-unsaturated/α-hetero) is 1. The van der Waals surface area contributed by atoms with Gasteiger partial charge in [-0.1, -0.05) is 12.2 Å². The number of ketones is 1. The van der Waals surface area contributed by atoms with E-state index >= 15 is 0 Å². The van der Waals surface area contributed by atoms with Gasteiger partial charge in [-0.05, 0) is 13.3 Å². The zero-order valence-electron chi connectivity index (χ0n) is 12.9. The molecule has 22 heavy (non-hydrogen) atoms. The van der Waals surface area contributed by atoms with Crippen molar-refractivity contribution in [2.45, 2.75) is 37.9 Å². The molecular formula is C14H20NO6P. The first-order chi connectivity index (χ1) is 10.4. The van der Waals surface area contributed by atoms with Gasteiger partial charge in [0.25, 0.3) is 0 Å². The second kappa shape index (κ2) is 6.44. The van der Waals surface area contributed by atoms with Crippen molar-refractivity contribution in [3.05, 3.63) is 12.2 Å². The van der Waals surface area contributed by atoms with E-state index in [0.29, 0.717) is 6.42 Å². The molecule has 0 spiro atoms. The SMILES string of the molecule is COP(=O)(OC)C1CC=CC(N2C(=O)CCC2=O)C1C(C)=O. The van der Waals surface area contributed by atoms with Crippen molar-refractivity contribution in [1.29, 1.82) is 0 Å². The van der Waals surface area contributed by atoms with E-state index in [1.54, 1.807) is 12.2 Å². The number of carbonyl (C=O) groups excluding carboxylic acids is 3. The summed E-state index contributed by atoms with van der Waals surface area (Å²) in [6, 6.07) is -0.725. The Hall–Kier alpha value is -1.30. The van der Waals surface area contributed by atoms with Gasteiger partial charge in [0.1, 0.15) is 5.78 Å². The third-order valence-electron chi connectivity index (χ3n) is 4.27. The van der Waals surface area contributed by atoms with Crippen LogP contribution in [0.3, 0.4) is 0 Å². The normalized spacial score (nSPS) is 29.2. The van der Waals surface area contributed by atoms with Gasteiger partial charge in [0, 0.05) is 27.1 Å². The summed E-state index contributed by atoms with van der Waals surface area (Å²) in [5, 5.41) is 0. The Morgan fingerprint density at radius 1 is 1.23 bits per heavy atom. The maximum absolute atomic E-state index is 12.7. The zero-order valence-corrected chi connectivity index (χ0v) is 13.7. The highest BCUT2D eigenvalue weighted by molar-refractivity contribution is 7.54. The van der Waals surface area contributed by atoms with Crippen LogP contribution in [-0.2, 0) is 28.0 Å². The summed E-state index contributed by atoms with van der Waals surface area (Å²) in [4.78, 5) is 37.2. The molecular weight excluding hydrogens is 309 g/mol. The Morgan fingerprint density at radius 2 is 1.77 bits per heavy atom. The Kier molecular flexibility index (Phi) is 5.00. The maximum Gasteiger partial charge on any atom is 0.334 e. The second-order valence-corrected chi connectivity index (χ2v) is 7.89. The van der Waals surface area contributed by atoms with Gasteiger partial charge in [-0.15, -0.1) is 0 Å². The summed E-state index contributed by atoms with van der Waals surface area (Å²) in [7, 11) is -0.975. The average Bonchev–Trinajstić information content (AvgIpc) is 2.84. The third-order valence-corrected chi connectivity index (χ3v) is 6.63. The fourth-order valence-electron chi connectivity index (χ4n) is 3.21. The van der Waals surface area contributed by atoms with Crippen LogP contribution in [0.2, 0.25) is 0 Å². The number of rotatable bonds is 5. The fourth-order valence-corrected chi connectivity index (χ4v) is 5.06. The first-order valence-corrected chi connectivity index (χ1v) is 8.70. The minimum Gasteiger partial charge on any atom is -0.312 e. The molecule has 0 aromatic rings. The van der Waals surface area contributed by atoms with Crippen LogP contribution in [-0.4, -0.2) is 48.4 Å². The molecule has 3 unspecified atom stereocenters. The predicted octanol–water partition coefficient (Wildman–Crippen LogP) is 1.52. The summed E-state index contributed by atoms with van der Waals surface area (Å²) in [6.07, 6.45) is 4.00. The van der Waals surface area contributed by atoms with Crippen molar-refractivity contribution in [2.75, 3.05) is 14.2 Å². The van der Waals surface area contributed by atoms with Crippen LogP contribution in [0.15, 0.2) is 12.2 Å². The van der Waals surface area contributed by atoms with E-state index in [4.69, 9.17) is 9.05 Å². The quantitative estimate of drug-likeness (QED) is 0.431. The molecule has 0 bridgehead atoms. The lowest BCUT2D eigenvalue weighted by Gasteiger charge is -2.38. The molecule has 1 aliphatic carbocycles. The number of hydrogen-bond donors (Lipinski definition) is 0. The Morgan fingerprint density at radius 3 is 2.23 bits per heavy atom. The van der Waals surface area contributed by atoms with Crippen LogP contribution in [0.25, 0.3) is 0 Å². The highest BCUT2D eigenvalue weighted by atomic mass is 31.2. The monoisotopic (exact) mass is 329 g/mol. The van der Waals surface area contributed by atoms with Crippen molar-refractivity contribution in [2.24, 2.45) is 5.92 Å². The largest absolute Gasteiger partial charge is 0.334 e. The first-order valence-electron chi connectivity index (χ1n) is 7.09. The summed E-state index contributed by atoms with van der Waals surface area (Å²) in [5.74, 6) is -1.66. The van der Waals surface area contributed by atoms with E-state index in [-0.39, 0.29) is 30.4 Å². The van der Waals surface area contributed by atoms with Crippen LogP contribution >= 0.6 is 7.60 Å². The Bertz CT molecular complexity index is 548. The summed E-state index contributed by atoms with van der Waals surface area (Å²) in [6.45, 7) is 1.37. The van der Waals surface area contributed by atoms with Crippen molar-refractivity contribution in [3.63, 3.8) is 0 Å². The molecule has 2 rings (SSSR count). The second-order valence-electron chi connectivity index (χ2n) is 5.42. The summed E-state index contributed by atoms with van der Waals surface area (Å²) >= 11 is 0. The van der Waals surface area contributed by atoms with E-state index in [2.05, 4.69) is 0 Å². The Balaban J connectivity index is 2.43. The molecule has 0 saturated carbocycles. The van der Waals surface area contributed by atoms with Crippen LogP contribution in [0.4, 0.5) is 0 Å². The number of allylic oxidation sites excluding steroid dienone is 1. The van der Waals surface area contributed by atoms with Gasteiger partial charge in [0.2, 0.25) is 11.8 Å². The summed E-state index contributed by atoms with van der Waals surface area (Å²) < 4.78 is 22.8. The standard InChI is InChI=1S/C14H20NO6P/c1-9(16)14-10(15-12(17)7-8-13(15)18)5-4-6-11(14)22(19,20-2)21-3/h4-5,10-11,14H,6-8H2,1-3H3. The van der Waals surface area contributed by atoms with Crippen LogP contribution in [0.1, 0.15) is 26.2 Å². The topological polar surface area (TPSA) is 90.0 Å². The lowest BCUT2D eigenvalue weighted by molar-refractivity contribution is -0.142. The molecule has 1 aliphatic heterocycles. The van der Waals surface area contributed by atoms with Crippen LogP contribution in [0.5, 0.6) is 0 Å².